The molecule has 6 nitrogen and oxygen atoms in total. The highest BCUT2D eigenvalue weighted by molar-refractivity contribution is 6.35. The zero-order chi connectivity index (χ0) is 19.1. The standard InChI is InChI=1S/C18H18Cl2N2O4/c1-11-3-6-14(7-4-11)26-12(2)18(24)22-21-17(23)10-25-16-8-5-13(19)9-15(16)20/h3-9,12H,10H2,1-2H3,(H,21,23)(H,22,24). The second-order valence-electron chi connectivity index (χ2n) is 5.47. The molecule has 0 saturated heterocycles. The number of carbonyl (C=O) groups is 2. The Kier molecular flexibility index (Phi) is 7.12. The van der Waals surface area contributed by atoms with Crippen LogP contribution in [0.5, 0.6) is 11.5 Å². The Morgan fingerprint density at radius 2 is 1.77 bits per heavy atom. The van der Waals surface area contributed by atoms with Gasteiger partial charge in [-0.15, -0.1) is 0 Å². The molecule has 0 aliphatic heterocycles. The fourth-order valence-electron chi connectivity index (χ4n) is 1.88. The summed E-state index contributed by atoms with van der Waals surface area (Å²) in [6.07, 6.45) is -0.787. The summed E-state index contributed by atoms with van der Waals surface area (Å²) in [5.74, 6) is -0.172. The Hall–Kier alpha value is -2.44. The lowest BCUT2D eigenvalue weighted by Gasteiger charge is -2.15. The molecule has 1 atom stereocenters. The van der Waals surface area contributed by atoms with Gasteiger partial charge in [-0.2, -0.15) is 0 Å². The summed E-state index contributed by atoms with van der Waals surface area (Å²) in [6.45, 7) is 3.20. The minimum Gasteiger partial charge on any atom is -0.482 e. The van der Waals surface area contributed by atoms with E-state index in [1.54, 1.807) is 31.2 Å². The van der Waals surface area contributed by atoms with Gasteiger partial charge in [-0.3, -0.25) is 20.4 Å². The molecule has 26 heavy (non-hydrogen) atoms. The molecule has 2 amide bonds. The Balaban J connectivity index is 1.75. The first kappa shape index (κ1) is 19.9. The van der Waals surface area contributed by atoms with Crippen molar-refractivity contribution in [2.24, 2.45) is 0 Å². The van der Waals surface area contributed by atoms with Crippen LogP contribution in [-0.2, 0) is 9.59 Å². The highest BCUT2D eigenvalue weighted by atomic mass is 35.5. The van der Waals surface area contributed by atoms with Crippen LogP contribution in [0, 0.1) is 6.92 Å². The molecule has 2 aromatic rings. The lowest BCUT2D eigenvalue weighted by Crippen LogP contribution is -2.48. The predicted octanol–water partition coefficient (Wildman–Crippen LogP) is 3.30. The van der Waals surface area contributed by atoms with E-state index in [-0.39, 0.29) is 11.6 Å². The number of hydrogen-bond acceptors (Lipinski definition) is 4. The summed E-state index contributed by atoms with van der Waals surface area (Å²) in [7, 11) is 0. The Morgan fingerprint density at radius 3 is 2.42 bits per heavy atom. The third-order valence-electron chi connectivity index (χ3n) is 3.28. The van der Waals surface area contributed by atoms with Gasteiger partial charge >= 0.3 is 0 Å². The topological polar surface area (TPSA) is 76.7 Å². The number of carbonyl (C=O) groups excluding carboxylic acids is 2. The summed E-state index contributed by atoms with van der Waals surface area (Å²) < 4.78 is 10.8. The molecule has 0 aliphatic rings. The molecule has 0 aliphatic carbocycles. The van der Waals surface area contributed by atoms with Gasteiger partial charge in [0.25, 0.3) is 11.8 Å². The Labute approximate surface area is 161 Å². The van der Waals surface area contributed by atoms with Gasteiger partial charge < -0.3 is 9.47 Å². The third-order valence-corrected chi connectivity index (χ3v) is 3.81. The molecular formula is C18H18Cl2N2O4. The van der Waals surface area contributed by atoms with E-state index >= 15 is 0 Å². The number of amides is 2. The maximum atomic E-state index is 12.0. The van der Waals surface area contributed by atoms with Gasteiger partial charge in [-0.25, -0.2) is 0 Å². The first-order valence-corrected chi connectivity index (χ1v) is 8.50. The summed E-state index contributed by atoms with van der Waals surface area (Å²) in [6, 6.07) is 11.9. The largest absolute Gasteiger partial charge is 0.482 e. The molecule has 2 rings (SSSR count). The average Bonchev–Trinajstić information content (AvgIpc) is 2.60. The zero-order valence-electron chi connectivity index (χ0n) is 14.2. The van der Waals surface area contributed by atoms with Gasteiger partial charge in [-0.05, 0) is 44.2 Å². The smallest absolute Gasteiger partial charge is 0.279 e. The Morgan fingerprint density at radius 1 is 1.08 bits per heavy atom. The van der Waals surface area contributed by atoms with Crippen LogP contribution in [0.25, 0.3) is 0 Å². The molecule has 0 radical (unpaired) electrons. The van der Waals surface area contributed by atoms with Crippen LogP contribution in [0.1, 0.15) is 12.5 Å². The van der Waals surface area contributed by atoms with E-state index in [0.717, 1.165) is 5.56 Å². The SMILES string of the molecule is Cc1ccc(OC(C)C(=O)NNC(=O)COc2ccc(Cl)cc2Cl)cc1. The van der Waals surface area contributed by atoms with Crippen molar-refractivity contribution in [1.29, 1.82) is 0 Å². The highest BCUT2D eigenvalue weighted by Crippen LogP contribution is 2.27. The number of aryl methyl sites for hydroxylation is 1. The van der Waals surface area contributed by atoms with Crippen molar-refractivity contribution in [3.05, 3.63) is 58.1 Å². The van der Waals surface area contributed by atoms with Crippen molar-refractivity contribution in [1.82, 2.24) is 10.9 Å². The second-order valence-corrected chi connectivity index (χ2v) is 6.32. The second kappa shape index (κ2) is 9.31. The summed E-state index contributed by atoms with van der Waals surface area (Å²) >= 11 is 11.7. The molecule has 8 heteroatoms. The molecule has 0 fully saturated rings. The molecule has 1 unspecified atom stereocenters. The summed E-state index contributed by atoms with van der Waals surface area (Å²) in [5, 5.41) is 0.746. The molecule has 2 aromatic carbocycles. The first-order valence-electron chi connectivity index (χ1n) is 7.75. The number of hydrazine groups is 1. The minimum atomic E-state index is -0.787. The maximum Gasteiger partial charge on any atom is 0.279 e. The van der Waals surface area contributed by atoms with E-state index in [1.165, 1.54) is 6.07 Å². The van der Waals surface area contributed by atoms with Crippen LogP contribution < -0.4 is 20.3 Å². The predicted molar refractivity (Wildman–Crippen MR) is 99.5 cm³/mol. The average molecular weight is 397 g/mol. The van der Waals surface area contributed by atoms with Crippen LogP contribution in [0.4, 0.5) is 0 Å². The fraction of sp³-hybridized carbons (Fsp3) is 0.222. The normalized spacial score (nSPS) is 11.4. The van der Waals surface area contributed by atoms with Crippen molar-refractivity contribution in [2.45, 2.75) is 20.0 Å². The van der Waals surface area contributed by atoms with Gasteiger partial charge in [0.05, 0.1) is 5.02 Å². The minimum absolute atomic E-state index is 0.287. The van der Waals surface area contributed by atoms with Crippen LogP contribution in [0.15, 0.2) is 42.5 Å². The van der Waals surface area contributed by atoms with Crippen molar-refractivity contribution in [2.75, 3.05) is 6.61 Å². The van der Waals surface area contributed by atoms with Gasteiger partial charge in [0.2, 0.25) is 0 Å². The van der Waals surface area contributed by atoms with Crippen LogP contribution >= 0.6 is 23.2 Å². The molecule has 0 spiro atoms. The fourth-order valence-corrected chi connectivity index (χ4v) is 2.34. The van der Waals surface area contributed by atoms with E-state index in [1.807, 2.05) is 19.1 Å². The van der Waals surface area contributed by atoms with E-state index in [4.69, 9.17) is 32.7 Å². The number of halogens is 2. The van der Waals surface area contributed by atoms with Gasteiger partial charge in [0.1, 0.15) is 11.5 Å². The lowest BCUT2D eigenvalue weighted by atomic mass is 10.2. The molecule has 0 aromatic heterocycles. The van der Waals surface area contributed by atoms with Crippen molar-refractivity contribution in [3.8, 4) is 11.5 Å². The lowest BCUT2D eigenvalue weighted by molar-refractivity contribution is -0.133. The highest BCUT2D eigenvalue weighted by Gasteiger charge is 2.15. The van der Waals surface area contributed by atoms with Crippen molar-refractivity contribution >= 4 is 35.0 Å². The molecule has 2 N–H and O–H groups in total. The van der Waals surface area contributed by atoms with Gasteiger partial charge in [0.15, 0.2) is 12.7 Å². The monoisotopic (exact) mass is 396 g/mol. The quantitative estimate of drug-likeness (QED) is 0.734. The number of ether oxygens (including phenoxy) is 2. The molecular weight excluding hydrogens is 379 g/mol. The molecule has 0 heterocycles. The van der Waals surface area contributed by atoms with E-state index in [2.05, 4.69) is 10.9 Å². The van der Waals surface area contributed by atoms with Crippen molar-refractivity contribution < 1.29 is 19.1 Å². The number of hydrogen-bond donors (Lipinski definition) is 2. The molecule has 138 valence electrons. The third kappa shape index (κ3) is 6.13. The van der Waals surface area contributed by atoms with E-state index in [9.17, 15) is 9.59 Å². The Bertz CT molecular complexity index is 781. The van der Waals surface area contributed by atoms with Crippen LogP contribution in [0.3, 0.4) is 0 Å². The van der Waals surface area contributed by atoms with E-state index < -0.39 is 17.9 Å². The number of nitrogens with one attached hydrogen (secondary N) is 2. The molecule has 0 saturated carbocycles. The number of rotatable bonds is 6. The molecule has 0 bridgehead atoms. The maximum absolute atomic E-state index is 12.0. The van der Waals surface area contributed by atoms with Gasteiger partial charge in [0, 0.05) is 5.02 Å². The van der Waals surface area contributed by atoms with Crippen LogP contribution in [-0.4, -0.2) is 24.5 Å². The number of benzene rings is 2. The van der Waals surface area contributed by atoms with E-state index in [0.29, 0.717) is 16.5 Å². The van der Waals surface area contributed by atoms with Gasteiger partial charge in [-0.1, -0.05) is 40.9 Å². The van der Waals surface area contributed by atoms with Crippen molar-refractivity contribution in [3.63, 3.8) is 0 Å². The summed E-state index contributed by atoms with van der Waals surface area (Å²) in [4.78, 5) is 23.7. The zero-order valence-corrected chi connectivity index (χ0v) is 15.7. The summed E-state index contributed by atoms with van der Waals surface area (Å²) in [5.41, 5.74) is 5.61. The van der Waals surface area contributed by atoms with Crippen LogP contribution in [0.2, 0.25) is 10.0 Å². The first-order chi connectivity index (χ1) is 12.3.